The number of amides is 1. The Morgan fingerprint density at radius 1 is 1.30 bits per heavy atom. The number of benzene rings is 1. The maximum absolute atomic E-state index is 13.1. The van der Waals surface area contributed by atoms with E-state index in [1.165, 1.54) is 4.57 Å². The lowest BCUT2D eigenvalue weighted by molar-refractivity contribution is -0.111. The van der Waals surface area contributed by atoms with Gasteiger partial charge in [0.2, 0.25) is 0 Å². The smallest absolute Gasteiger partial charge is 0.410 e. The lowest BCUT2D eigenvalue weighted by Crippen LogP contribution is -2.59. The van der Waals surface area contributed by atoms with E-state index in [2.05, 4.69) is 20.9 Å². The van der Waals surface area contributed by atoms with Crippen molar-refractivity contribution in [2.45, 2.75) is 58.3 Å². The molecule has 1 unspecified atom stereocenters. The highest BCUT2D eigenvalue weighted by molar-refractivity contribution is 9.10. The molecule has 0 aliphatic carbocycles. The maximum Gasteiger partial charge on any atom is 0.410 e. The molecule has 11 heteroatoms. The first-order valence-corrected chi connectivity index (χ1v) is 11.9. The molecule has 2 aliphatic heterocycles. The highest BCUT2D eigenvalue weighted by Gasteiger charge is 2.37. The zero-order valence-electron chi connectivity index (χ0n) is 19.1. The van der Waals surface area contributed by atoms with Crippen molar-refractivity contribution >= 4 is 56.6 Å². The average Bonchev–Trinajstić information content (AvgIpc) is 2.73. The van der Waals surface area contributed by atoms with E-state index in [4.69, 9.17) is 21.1 Å². The summed E-state index contributed by atoms with van der Waals surface area (Å²) in [5.41, 5.74) is -0.662. The van der Waals surface area contributed by atoms with Crippen molar-refractivity contribution in [3.63, 3.8) is 0 Å². The van der Waals surface area contributed by atoms with Crippen LogP contribution in [0.5, 0.6) is 5.75 Å². The number of hydrogen-bond donors (Lipinski definition) is 0. The third-order valence-electron chi connectivity index (χ3n) is 5.81. The van der Waals surface area contributed by atoms with Crippen molar-refractivity contribution in [2.24, 2.45) is 0 Å². The molecule has 1 aromatic heterocycles. The van der Waals surface area contributed by atoms with Crippen LogP contribution in [0.4, 0.5) is 10.6 Å². The van der Waals surface area contributed by atoms with Crippen molar-refractivity contribution in [1.82, 2.24) is 14.5 Å². The van der Waals surface area contributed by atoms with E-state index in [1.807, 2.05) is 39.5 Å². The molecule has 0 bridgehead atoms. The molecule has 3 heterocycles. The molecule has 2 aliphatic rings. The predicted octanol–water partition coefficient (Wildman–Crippen LogP) is 3.78. The third-order valence-corrected chi connectivity index (χ3v) is 7.13. The molecule has 3 atom stereocenters. The van der Waals surface area contributed by atoms with Gasteiger partial charge in [-0.2, -0.15) is 4.98 Å². The summed E-state index contributed by atoms with van der Waals surface area (Å²) in [5.74, 6) is 0.852. The van der Waals surface area contributed by atoms with E-state index in [0.717, 1.165) is 0 Å². The summed E-state index contributed by atoms with van der Waals surface area (Å²) in [6.45, 7) is 10.2. The molecule has 4 rings (SSSR count). The van der Waals surface area contributed by atoms with Crippen LogP contribution in [0.3, 0.4) is 0 Å². The summed E-state index contributed by atoms with van der Waals surface area (Å²) < 4.78 is 13.2. The predicted molar refractivity (Wildman–Crippen MR) is 129 cm³/mol. The molecule has 0 spiro atoms. The zero-order valence-corrected chi connectivity index (χ0v) is 21.4. The van der Waals surface area contributed by atoms with Gasteiger partial charge in [0.15, 0.2) is 5.75 Å². The van der Waals surface area contributed by atoms with E-state index >= 15 is 0 Å². The van der Waals surface area contributed by atoms with Gasteiger partial charge in [0.1, 0.15) is 35.9 Å². The number of anilines is 1. The Bertz CT molecular complexity index is 1190. The molecule has 9 nitrogen and oxygen atoms in total. The minimum atomic E-state index is -0.775. The van der Waals surface area contributed by atoms with Gasteiger partial charge in [-0.05, 0) is 56.6 Å². The molecule has 0 N–H and O–H groups in total. The number of rotatable bonds is 2. The Morgan fingerprint density at radius 3 is 2.64 bits per heavy atom. The standard InChI is InChI=1S/C22H26BrClN4O5/c1-11-8-27(21(31)33-22(3,4)5)12(2)7-26(11)19-14-6-15(24)16(23)18-17(14)28(20(30)25-19)13(9-29)10-32-18/h6,9,11-13H,7-8,10H2,1-5H3/t11-,12+,13?/m0/s1. The van der Waals surface area contributed by atoms with Crippen LogP contribution in [0.25, 0.3) is 10.9 Å². The highest BCUT2D eigenvalue weighted by atomic mass is 79.9. The molecule has 2 aromatic rings. The van der Waals surface area contributed by atoms with Crippen molar-refractivity contribution in [1.29, 1.82) is 0 Å². The van der Waals surface area contributed by atoms with Crippen LogP contribution in [0.15, 0.2) is 15.3 Å². The normalized spacial score (nSPS) is 22.8. The third kappa shape index (κ3) is 4.19. The number of nitrogens with zero attached hydrogens (tertiary/aromatic N) is 4. The Morgan fingerprint density at radius 2 is 2.00 bits per heavy atom. The molecule has 0 radical (unpaired) electrons. The minimum absolute atomic E-state index is 0.0213. The topological polar surface area (TPSA) is 94.0 Å². The number of ether oxygens (including phenoxy) is 2. The van der Waals surface area contributed by atoms with Gasteiger partial charge in [-0.1, -0.05) is 11.6 Å². The van der Waals surface area contributed by atoms with Crippen molar-refractivity contribution in [2.75, 3.05) is 24.6 Å². The number of aldehydes is 1. The zero-order chi connectivity index (χ0) is 24.2. The molecule has 1 aromatic carbocycles. The molecule has 0 saturated carbocycles. The van der Waals surface area contributed by atoms with E-state index in [-0.39, 0.29) is 24.8 Å². The number of carbonyl (C=O) groups is 2. The Balaban J connectivity index is 1.80. The SMILES string of the molecule is C[C@@H]1CN(c2nc(=O)n3c4c(c(Br)c(Cl)cc24)OCC3C=O)[C@@H](C)CN1C(=O)OC(C)(C)C. The van der Waals surface area contributed by atoms with Crippen LogP contribution >= 0.6 is 27.5 Å². The van der Waals surface area contributed by atoms with Gasteiger partial charge in [0.05, 0.1) is 9.50 Å². The largest absolute Gasteiger partial charge is 0.487 e. The first-order chi connectivity index (χ1) is 15.4. The van der Waals surface area contributed by atoms with Crippen LogP contribution in [0.1, 0.15) is 40.7 Å². The molecule has 33 heavy (non-hydrogen) atoms. The van der Waals surface area contributed by atoms with Crippen LogP contribution in [-0.2, 0) is 9.53 Å². The lowest BCUT2D eigenvalue weighted by atomic mass is 10.1. The fourth-order valence-electron chi connectivity index (χ4n) is 4.30. The van der Waals surface area contributed by atoms with Crippen LogP contribution in [0, 0.1) is 0 Å². The summed E-state index contributed by atoms with van der Waals surface area (Å²) in [5, 5.41) is 1.01. The van der Waals surface area contributed by atoms with Crippen LogP contribution in [-0.4, -0.2) is 64.2 Å². The first kappa shape index (κ1) is 23.8. The van der Waals surface area contributed by atoms with E-state index in [1.54, 1.807) is 11.0 Å². The Labute approximate surface area is 204 Å². The summed E-state index contributed by atoms with van der Waals surface area (Å²) in [6.07, 6.45) is 0.304. The fraction of sp³-hybridized carbons (Fsp3) is 0.545. The molecule has 1 fully saturated rings. The highest BCUT2D eigenvalue weighted by Crippen LogP contribution is 2.44. The van der Waals surface area contributed by atoms with Crippen molar-refractivity contribution < 1.29 is 19.1 Å². The summed E-state index contributed by atoms with van der Waals surface area (Å²) in [7, 11) is 0. The second-order valence-corrected chi connectivity index (χ2v) is 10.7. The van der Waals surface area contributed by atoms with E-state index < -0.39 is 17.3 Å². The lowest BCUT2D eigenvalue weighted by Gasteiger charge is -2.45. The fourth-order valence-corrected chi connectivity index (χ4v) is 4.91. The second-order valence-electron chi connectivity index (χ2n) is 9.48. The average molecular weight is 542 g/mol. The molecule has 1 saturated heterocycles. The minimum Gasteiger partial charge on any atom is -0.487 e. The molecular formula is C22H26BrClN4O5. The summed E-state index contributed by atoms with van der Waals surface area (Å²) in [4.78, 5) is 45.5. The maximum atomic E-state index is 13.1. The Hall–Kier alpha value is -2.33. The number of aromatic nitrogens is 2. The van der Waals surface area contributed by atoms with Crippen LogP contribution < -0.4 is 15.3 Å². The molecular weight excluding hydrogens is 516 g/mol. The quantitative estimate of drug-likeness (QED) is 0.534. The number of carbonyl (C=O) groups excluding carboxylic acids is 2. The van der Waals surface area contributed by atoms with E-state index in [0.29, 0.717) is 51.3 Å². The second kappa shape index (κ2) is 8.47. The van der Waals surface area contributed by atoms with Gasteiger partial charge in [-0.3, -0.25) is 4.57 Å². The van der Waals surface area contributed by atoms with Gasteiger partial charge in [0, 0.05) is 30.6 Å². The first-order valence-electron chi connectivity index (χ1n) is 10.7. The van der Waals surface area contributed by atoms with Gasteiger partial charge in [-0.15, -0.1) is 0 Å². The van der Waals surface area contributed by atoms with Crippen molar-refractivity contribution in [3.8, 4) is 5.75 Å². The van der Waals surface area contributed by atoms with Gasteiger partial charge < -0.3 is 24.1 Å². The summed E-state index contributed by atoms with van der Waals surface area (Å²) in [6, 6.07) is 0.600. The van der Waals surface area contributed by atoms with Crippen molar-refractivity contribution in [3.05, 3.63) is 26.0 Å². The van der Waals surface area contributed by atoms with Gasteiger partial charge >= 0.3 is 11.8 Å². The van der Waals surface area contributed by atoms with Gasteiger partial charge in [0.25, 0.3) is 0 Å². The molecule has 1 amide bonds. The van der Waals surface area contributed by atoms with E-state index in [9.17, 15) is 14.4 Å². The number of piperazine rings is 1. The van der Waals surface area contributed by atoms with Crippen LogP contribution in [0.2, 0.25) is 5.02 Å². The van der Waals surface area contributed by atoms with Gasteiger partial charge in [-0.25, -0.2) is 9.59 Å². The molecule has 178 valence electrons. The number of halogens is 2. The number of hydrogen-bond acceptors (Lipinski definition) is 7. The monoisotopic (exact) mass is 540 g/mol. The summed E-state index contributed by atoms with van der Waals surface area (Å²) >= 11 is 9.89. The Kier molecular flexibility index (Phi) is 6.11.